The van der Waals surface area contributed by atoms with Crippen molar-refractivity contribution in [1.82, 2.24) is 0 Å². The monoisotopic (exact) mass is 470 g/mol. The number of carboxylic acid groups (broad SMARTS) is 3. The zero-order valence-electron chi connectivity index (χ0n) is 18.1. The van der Waals surface area contributed by atoms with Crippen LogP contribution in [-0.4, -0.2) is 45.3 Å². The zero-order valence-corrected chi connectivity index (χ0v) is 18.1. The molecule has 0 saturated carbocycles. The molecule has 0 unspecified atom stereocenters. The van der Waals surface area contributed by atoms with E-state index in [4.69, 9.17) is 20.1 Å². The van der Waals surface area contributed by atoms with Crippen molar-refractivity contribution in [3.05, 3.63) is 0 Å². The van der Waals surface area contributed by atoms with Gasteiger partial charge < -0.3 is 20.1 Å². The van der Waals surface area contributed by atoms with Gasteiger partial charge in [-0.3, -0.25) is 19.2 Å². The van der Waals surface area contributed by atoms with E-state index in [2.05, 4.69) is 0 Å². The van der Waals surface area contributed by atoms with E-state index in [1.54, 1.807) is 13.8 Å². The first-order chi connectivity index (χ1) is 12.9. The number of esters is 1. The largest absolute Gasteiger partial charge is 0.481 e. The van der Waals surface area contributed by atoms with Gasteiger partial charge in [-0.1, -0.05) is 84.1 Å². The summed E-state index contributed by atoms with van der Waals surface area (Å²) in [6, 6.07) is 0. The Hall–Kier alpha value is -2.12. The maximum Gasteiger partial charge on any atom is 0.307 e. The molecule has 0 aliphatic carbocycles. The summed E-state index contributed by atoms with van der Waals surface area (Å²) in [5.41, 5.74) is 0. The third-order valence-electron chi connectivity index (χ3n) is 3.88. The van der Waals surface area contributed by atoms with Crippen LogP contribution < -0.4 is 0 Å². The smallest absolute Gasteiger partial charge is 0.307 e. The highest BCUT2D eigenvalue weighted by atomic mass is 16.5. The van der Waals surface area contributed by atoms with Gasteiger partial charge in [0.15, 0.2) is 0 Å². The van der Waals surface area contributed by atoms with Crippen LogP contribution >= 0.6 is 0 Å². The summed E-state index contributed by atoms with van der Waals surface area (Å²) in [6.45, 7) is 11.3. The van der Waals surface area contributed by atoms with E-state index in [1.807, 2.05) is 27.7 Å². The van der Waals surface area contributed by atoms with E-state index in [9.17, 15) is 19.2 Å². The first kappa shape index (κ1) is 47.6. The van der Waals surface area contributed by atoms with E-state index >= 15 is 0 Å². The average molecular weight is 471 g/mol. The van der Waals surface area contributed by atoms with Crippen LogP contribution in [0.3, 0.4) is 0 Å². The van der Waals surface area contributed by atoms with Crippen molar-refractivity contribution in [1.29, 1.82) is 0 Å². The molecule has 32 heavy (non-hydrogen) atoms. The molecule has 0 aliphatic heterocycles. The molecule has 0 amide bonds. The van der Waals surface area contributed by atoms with Crippen LogP contribution in [0.1, 0.15) is 116 Å². The van der Waals surface area contributed by atoms with Gasteiger partial charge in [-0.2, -0.15) is 0 Å². The number of rotatable bonds is 11. The number of hydrogen-bond acceptors (Lipinski definition) is 5. The molecule has 0 aromatic carbocycles. The molecule has 0 rings (SSSR count). The highest BCUT2D eigenvalue weighted by molar-refractivity contribution is 5.71. The lowest BCUT2D eigenvalue weighted by Gasteiger charge is -2.12. The molecule has 0 aliphatic rings. The van der Waals surface area contributed by atoms with Crippen molar-refractivity contribution < 1.29 is 39.2 Å². The Morgan fingerprint density at radius 3 is 1.09 bits per heavy atom. The highest BCUT2D eigenvalue weighted by Gasteiger charge is 2.14. The van der Waals surface area contributed by atoms with Crippen LogP contribution in [0.4, 0.5) is 0 Å². The second-order valence-corrected chi connectivity index (χ2v) is 6.69. The number of carbonyl (C=O) groups excluding carboxylic acids is 1. The van der Waals surface area contributed by atoms with Crippen molar-refractivity contribution in [3.63, 3.8) is 0 Å². The summed E-state index contributed by atoms with van der Waals surface area (Å²) in [7, 11) is 0. The number of carbonyl (C=O) groups is 4. The topological polar surface area (TPSA) is 138 Å². The normalized spacial score (nSPS) is 11.2. The summed E-state index contributed by atoms with van der Waals surface area (Å²) in [5, 5.41) is 24.8. The van der Waals surface area contributed by atoms with Crippen LogP contribution in [0.2, 0.25) is 0 Å². The zero-order chi connectivity index (χ0) is 22.7. The van der Waals surface area contributed by atoms with Crippen molar-refractivity contribution in [3.8, 4) is 0 Å². The molecular weight excluding hydrogens is 416 g/mol. The minimum absolute atomic E-state index is 0. The molecule has 8 heteroatoms. The molecule has 8 nitrogen and oxygen atoms in total. The van der Waals surface area contributed by atoms with E-state index in [1.165, 1.54) is 0 Å². The summed E-state index contributed by atoms with van der Waals surface area (Å²) >= 11 is 0. The van der Waals surface area contributed by atoms with Gasteiger partial charge in [0.1, 0.15) is 6.10 Å². The number of carboxylic acids is 3. The lowest BCUT2D eigenvalue weighted by molar-refractivity contribution is -0.152. The molecule has 198 valence electrons. The van der Waals surface area contributed by atoms with Crippen LogP contribution in [0.15, 0.2) is 0 Å². The molecule has 0 bridgehead atoms. The van der Waals surface area contributed by atoms with Crippen molar-refractivity contribution in [2.75, 3.05) is 0 Å². The van der Waals surface area contributed by atoms with Gasteiger partial charge in [0.25, 0.3) is 0 Å². The van der Waals surface area contributed by atoms with E-state index < -0.39 is 24.0 Å². The maximum atomic E-state index is 10.7. The Bertz CT molecular complexity index is 427. The minimum Gasteiger partial charge on any atom is -0.481 e. The third kappa shape index (κ3) is 42.1. The molecular formula is C24H54O8. The molecule has 0 fully saturated rings. The van der Waals surface area contributed by atoms with Gasteiger partial charge in [-0.25, -0.2) is 0 Å². The first-order valence-corrected chi connectivity index (χ1v) is 9.77. The molecule has 0 aromatic heterocycles. The van der Waals surface area contributed by atoms with Gasteiger partial charge in [-0.05, 0) is 18.3 Å². The first-order valence-electron chi connectivity index (χ1n) is 9.77. The van der Waals surface area contributed by atoms with Crippen LogP contribution in [-0.2, 0) is 23.9 Å². The Morgan fingerprint density at radius 1 is 0.625 bits per heavy atom. The van der Waals surface area contributed by atoms with E-state index in [0.29, 0.717) is 31.1 Å². The van der Waals surface area contributed by atoms with Crippen LogP contribution in [0, 0.1) is 11.8 Å². The Labute approximate surface area is 197 Å². The predicted octanol–water partition coefficient (Wildman–Crippen LogP) is 6.75. The van der Waals surface area contributed by atoms with Crippen molar-refractivity contribution in [2.24, 2.45) is 11.8 Å². The standard InChI is InChI=1S/C8H14O4.2C6H12O2.4CH4/c1-3-6(5-7(9)10)12-8(11)4-2;2*1-3-5(2)4-6(7)8;;;;/h6H,3-5H2,1-2H3,(H,9,10);2*5H,3-4H2,1-2H3,(H,7,8);4*1H4/t6-;2*5-;;;;/m111..../s1. The summed E-state index contributed by atoms with van der Waals surface area (Å²) < 4.78 is 4.84. The number of ether oxygens (including phenoxy) is 1. The summed E-state index contributed by atoms with van der Waals surface area (Å²) in [5.74, 6) is -2.02. The third-order valence-corrected chi connectivity index (χ3v) is 3.88. The Morgan fingerprint density at radius 2 is 0.938 bits per heavy atom. The van der Waals surface area contributed by atoms with Crippen molar-refractivity contribution >= 4 is 23.9 Å². The van der Waals surface area contributed by atoms with Crippen LogP contribution in [0.25, 0.3) is 0 Å². The average Bonchev–Trinajstić information content (AvgIpc) is 2.60. The van der Waals surface area contributed by atoms with Gasteiger partial charge in [0.05, 0.1) is 6.42 Å². The van der Waals surface area contributed by atoms with E-state index in [-0.39, 0.29) is 48.5 Å². The molecule has 0 radical (unpaired) electrons. The Kier molecular flexibility index (Phi) is 46.2. The molecule has 0 saturated heterocycles. The Balaban J connectivity index is -0.0000000567. The second kappa shape index (κ2) is 31.1. The van der Waals surface area contributed by atoms with Gasteiger partial charge in [0.2, 0.25) is 0 Å². The lowest BCUT2D eigenvalue weighted by Crippen LogP contribution is -2.20. The molecule has 3 N–H and O–H groups in total. The molecule has 0 aromatic rings. The molecule has 0 heterocycles. The summed E-state index contributed by atoms with van der Waals surface area (Å²) in [4.78, 5) is 40.9. The maximum absolute atomic E-state index is 10.7. The number of aliphatic carboxylic acids is 3. The quantitative estimate of drug-likeness (QED) is 0.282. The highest BCUT2D eigenvalue weighted by Crippen LogP contribution is 2.06. The lowest BCUT2D eigenvalue weighted by atomic mass is 10.1. The second-order valence-electron chi connectivity index (χ2n) is 6.69. The fourth-order valence-corrected chi connectivity index (χ4v) is 1.62. The van der Waals surface area contributed by atoms with Gasteiger partial charge in [0, 0.05) is 19.3 Å². The fourth-order valence-electron chi connectivity index (χ4n) is 1.62. The fraction of sp³-hybridized carbons (Fsp3) is 0.833. The molecule has 0 spiro atoms. The van der Waals surface area contributed by atoms with Gasteiger partial charge in [-0.15, -0.1) is 0 Å². The SMILES string of the molecule is C.C.C.C.CCC(=O)O[C@H](CC)CC(=O)O.CC[C@@H](C)CC(=O)O.CC[C@@H](C)CC(=O)O. The number of hydrogen-bond donors (Lipinski definition) is 3. The van der Waals surface area contributed by atoms with Gasteiger partial charge >= 0.3 is 23.9 Å². The predicted molar refractivity (Wildman–Crippen MR) is 133 cm³/mol. The molecule has 3 atom stereocenters. The van der Waals surface area contributed by atoms with Crippen LogP contribution in [0.5, 0.6) is 0 Å². The van der Waals surface area contributed by atoms with E-state index in [0.717, 1.165) is 12.8 Å². The van der Waals surface area contributed by atoms with Crippen molar-refractivity contribution in [2.45, 2.75) is 122 Å². The minimum atomic E-state index is -0.939. The summed E-state index contributed by atoms with van der Waals surface area (Å²) in [6.07, 6.45) is 2.75.